The summed E-state index contributed by atoms with van der Waals surface area (Å²) in [7, 11) is 0. The Morgan fingerprint density at radius 3 is 2.68 bits per heavy atom. The van der Waals surface area contributed by atoms with Crippen molar-refractivity contribution in [2.75, 3.05) is 26.2 Å². The van der Waals surface area contributed by atoms with Gasteiger partial charge in [0.25, 0.3) is 0 Å². The molecule has 0 bridgehead atoms. The highest BCUT2D eigenvalue weighted by atomic mass is 16.6. The van der Waals surface area contributed by atoms with E-state index in [9.17, 15) is 4.79 Å². The van der Waals surface area contributed by atoms with Crippen molar-refractivity contribution in [3.8, 4) is 0 Å². The molecule has 3 rings (SSSR count). The molecule has 2 heterocycles. The number of aliphatic imine (C=N–C) groups is 1. The second-order valence-corrected chi connectivity index (χ2v) is 7.66. The van der Waals surface area contributed by atoms with Crippen LogP contribution in [0.1, 0.15) is 50.2 Å². The summed E-state index contributed by atoms with van der Waals surface area (Å²) in [6.45, 7) is 5.51. The second-order valence-electron chi connectivity index (χ2n) is 7.66. The summed E-state index contributed by atoms with van der Waals surface area (Å²) in [6, 6.07) is 8.00. The molecule has 0 saturated carbocycles. The van der Waals surface area contributed by atoms with E-state index in [4.69, 9.17) is 15.7 Å². The summed E-state index contributed by atoms with van der Waals surface area (Å²) in [5, 5.41) is 13.2. The Bertz CT molecular complexity index is 722. The molecule has 0 aliphatic carbocycles. The third-order valence-corrected chi connectivity index (χ3v) is 5.38. The number of rotatable bonds is 8. The smallest absolute Gasteiger partial charge is 0.303 e. The maximum Gasteiger partial charge on any atom is 0.303 e. The number of carbonyl (C=O) groups is 1. The zero-order valence-corrected chi connectivity index (χ0v) is 16.5. The van der Waals surface area contributed by atoms with Crippen molar-refractivity contribution in [3.05, 3.63) is 35.4 Å². The minimum Gasteiger partial charge on any atom is -0.481 e. The first-order valence-electron chi connectivity index (χ1n) is 10.1. The lowest BCUT2D eigenvalue weighted by molar-refractivity contribution is -0.138. The quantitative estimate of drug-likeness (QED) is 0.528. The topological polar surface area (TPSA) is 101 Å². The van der Waals surface area contributed by atoms with Gasteiger partial charge in [0.05, 0.1) is 5.71 Å². The van der Waals surface area contributed by atoms with Gasteiger partial charge >= 0.3 is 5.97 Å². The second kappa shape index (κ2) is 9.68. The fraction of sp³-hybridized carbons (Fsp3) is 0.571. The standard InChI is InChI=1S/C21H30N4O3/c1-2-9-23-21(22)17-5-3-16(4-6-17)19-13-18(28-24-19)14-25-10-7-15(8-11-25)12-20(26)27/h3-6,15,18H,2,7-14H2,1H3,(H2,22,23)(H,26,27). The van der Waals surface area contributed by atoms with E-state index < -0.39 is 5.97 Å². The van der Waals surface area contributed by atoms with Crippen molar-refractivity contribution >= 4 is 17.5 Å². The van der Waals surface area contributed by atoms with Gasteiger partial charge in [-0.15, -0.1) is 0 Å². The lowest BCUT2D eigenvalue weighted by atomic mass is 9.93. The van der Waals surface area contributed by atoms with Gasteiger partial charge in [0.15, 0.2) is 0 Å². The number of hydrogen-bond acceptors (Lipinski definition) is 5. The van der Waals surface area contributed by atoms with Crippen LogP contribution >= 0.6 is 0 Å². The number of carboxylic acids is 1. The number of aliphatic carboxylic acids is 1. The molecule has 152 valence electrons. The lowest BCUT2D eigenvalue weighted by Crippen LogP contribution is -2.39. The van der Waals surface area contributed by atoms with Gasteiger partial charge in [-0.05, 0) is 43.8 Å². The van der Waals surface area contributed by atoms with Crippen LogP contribution in [0.15, 0.2) is 34.4 Å². The summed E-state index contributed by atoms with van der Waals surface area (Å²) in [5.74, 6) is 0.180. The third-order valence-electron chi connectivity index (χ3n) is 5.38. The Hall–Kier alpha value is -2.41. The van der Waals surface area contributed by atoms with E-state index in [0.29, 0.717) is 11.8 Å². The minimum absolute atomic E-state index is 0.0573. The van der Waals surface area contributed by atoms with E-state index in [0.717, 1.165) is 68.7 Å². The van der Waals surface area contributed by atoms with E-state index in [1.165, 1.54) is 0 Å². The van der Waals surface area contributed by atoms with Crippen LogP contribution in [-0.2, 0) is 9.63 Å². The molecule has 7 heteroatoms. The Balaban J connectivity index is 1.47. The Morgan fingerprint density at radius 1 is 1.32 bits per heavy atom. The predicted molar refractivity (Wildman–Crippen MR) is 110 cm³/mol. The first kappa shape index (κ1) is 20.3. The first-order valence-corrected chi connectivity index (χ1v) is 10.1. The molecule has 0 radical (unpaired) electrons. The maximum absolute atomic E-state index is 10.8. The van der Waals surface area contributed by atoms with Crippen LogP contribution in [0.2, 0.25) is 0 Å². The van der Waals surface area contributed by atoms with Crippen LogP contribution in [-0.4, -0.2) is 59.8 Å². The minimum atomic E-state index is -0.694. The lowest BCUT2D eigenvalue weighted by Gasteiger charge is -2.32. The van der Waals surface area contributed by atoms with Gasteiger partial charge in [-0.3, -0.25) is 14.7 Å². The molecule has 0 spiro atoms. The van der Waals surface area contributed by atoms with Crippen LogP contribution in [0.5, 0.6) is 0 Å². The largest absolute Gasteiger partial charge is 0.481 e. The molecular formula is C21H30N4O3. The summed E-state index contributed by atoms with van der Waals surface area (Å²) in [5.41, 5.74) is 8.94. The Morgan fingerprint density at radius 2 is 2.04 bits per heavy atom. The molecule has 2 aliphatic rings. The van der Waals surface area contributed by atoms with E-state index in [1.807, 2.05) is 24.3 Å². The molecular weight excluding hydrogens is 356 g/mol. The average molecular weight is 386 g/mol. The van der Waals surface area contributed by atoms with Crippen LogP contribution in [0.25, 0.3) is 0 Å². The Labute approximate surface area is 166 Å². The molecule has 7 nitrogen and oxygen atoms in total. The number of piperidine rings is 1. The van der Waals surface area contributed by atoms with Gasteiger partial charge in [-0.25, -0.2) is 0 Å². The third kappa shape index (κ3) is 5.55. The fourth-order valence-electron chi connectivity index (χ4n) is 3.76. The molecule has 1 unspecified atom stereocenters. The van der Waals surface area contributed by atoms with Crippen molar-refractivity contribution in [2.24, 2.45) is 21.8 Å². The van der Waals surface area contributed by atoms with Gasteiger partial charge < -0.3 is 15.7 Å². The average Bonchev–Trinajstić information content (AvgIpc) is 3.16. The maximum atomic E-state index is 10.8. The SMILES string of the molecule is CCCN=C(N)c1ccc(C2=NOC(CN3CCC(CC(=O)O)CC3)C2)cc1. The molecule has 2 aliphatic heterocycles. The molecule has 28 heavy (non-hydrogen) atoms. The highest BCUT2D eigenvalue weighted by molar-refractivity contribution is 6.03. The molecule has 3 N–H and O–H groups in total. The van der Waals surface area contributed by atoms with Crippen molar-refractivity contribution in [3.63, 3.8) is 0 Å². The summed E-state index contributed by atoms with van der Waals surface area (Å²) >= 11 is 0. The molecule has 1 atom stereocenters. The highest BCUT2D eigenvalue weighted by Crippen LogP contribution is 2.23. The van der Waals surface area contributed by atoms with E-state index in [-0.39, 0.29) is 12.5 Å². The number of carboxylic acid groups (broad SMARTS) is 1. The van der Waals surface area contributed by atoms with Crippen molar-refractivity contribution in [1.82, 2.24) is 4.90 Å². The molecule has 1 saturated heterocycles. The molecule has 0 aromatic heterocycles. The van der Waals surface area contributed by atoms with Gasteiger partial charge in [0.1, 0.15) is 11.9 Å². The number of nitrogens with two attached hydrogens (primary N) is 1. The van der Waals surface area contributed by atoms with Gasteiger partial charge in [-0.1, -0.05) is 36.3 Å². The van der Waals surface area contributed by atoms with Crippen LogP contribution in [0, 0.1) is 5.92 Å². The monoisotopic (exact) mass is 386 g/mol. The summed E-state index contributed by atoms with van der Waals surface area (Å²) in [6.07, 6.45) is 3.98. The van der Waals surface area contributed by atoms with Crippen molar-refractivity contribution in [1.29, 1.82) is 0 Å². The van der Waals surface area contributed by atoms with Crippen LogP contribution < -0.4 is 5.73 Å². The number of amidine groups is 1. The van der Waals surface area contributed by atoms with E-state index in [1.54, 1.807) is 0 Å². The predicted octanol–water partition coefficient (Wildman–Crippen LogP) is 2.48. The number of oxime groups is 1. The first-order chi connectivity index (χ1) is 13.5. The zero-order valence-electron chi connectivity index (χ0n) is 16.5. The van der Waals surface area contributed by atoms with E-state index >= 15 is 0 Å². The highest BCUT2D eigenvalue weighted by Gasteiger charge is 2.27. The van der Waals surface area contributed by atoms with Gasteiger partial charge in [-0.2, -0.15) is 0 Å². The summed E-state index contributed by atoms with van der Waals surface area (Å²) in [4.78, 5) is 23.2. The normalized spacial score (nSPS) is 21.4. The van der Waals surface area contributed by atoms with Crippen molar-refractivity contribution < 1.29 is 14.7 Å². The van der Waals surface area contributed by atoms with Crippen LogP contribution in [0.4, 0.5) is 0 Å². The van der Waals surface area contributed by atoms with Crippen molar-refractivity contribution in [2.45, 2.75) is 45.1 Å². The van der Waals surface area contributed by atoms with Gasteiger partial charge in [0.2, 0.25) is 0 Å². The van der Waals surface area contributed by atoms with Gasteiger partial charge in [0, 0.05) is 31.5 Å². The number of benzene rings is 1. The Kier molecular flexibility index (Phi) is 7.03. The molecule has 0 amide bonds. The fourth-order valence-corrected chi connectivity index (χ4v) is 3.76. The molecule has 1 aromatic carbocycles. The van der Waals surface area contributed by atoms with E-state index in [2.05, 4.69) is 22.0 Å². The zero-order chi connectivity index (χ0) is 19.9. The molecule has 1 aromatic rings. The number of hydrogen-bond donors (Lipinski definition) is 2. The number of nitrogens with zero attached hydrogens (tertiary/aromatic N) is 3. The number of likely N-dealkylation sites (tertiary alicyclic amines) is 1. The summed E-state index contributed by atoms with van der Waals surface area (Å²) < 4.78 is 0. The molecule has 1 fully saturated rings. The van der Waals surface area contributed by atoms with Crippen LogP contribution in [0.3, 0.4) is 0 Å².